The standard InChI is InChI=1S/C30H46N4O4/c1-5-12-21-13-18-24-26(25(21)28(36)31-4)30(38)34(19-10-8-9-11-20-35)27(24)29(37)32-22-14-16-23(17-15-22)33(6-2)7-3/h13-18,21,24-27,35H,5-12,19-20H2,1-4H3,(H,31,36)(H,32,37)/t21-,24+,25-,26-,27+/m1/s1. The van der Waals surface area contributed by atoms with Crippen LogP contribution < -0.4 is 15.5 Å². The van der Waals surface area contributed by atoms with Crippen LogP contribution in [0.1, 0.15) is 59.3 Å². The number of carbonyl (C=O) groups excluding carboxylic acids is 3. The van der Waals surface area contributed by atoms with Crippen LogP contribution >= 0.6 is 0 Å². The number of allylic oxidation sites excluding steroid dienone is 1. The molecular weight excluding hydrogens is 480 g/mol. The molecule has 3 amide bonds. The predicted molar refractivity (Wildman–Crippen MR) is 152 cm³/mol. The van der Waals surface area contributed by atoms with Crippen LogP contribution in [0.5, 0.6) is 0 Å². The third kappa shape index (κ3) is 6.57. The third-order valence-electron chi connectivity index (χ3n) is 8.12. The Labute approximate surface area is 227 Å². The molecule has 0 unspecified atom stereocenters. The summed E-state index contributed by atoms with van der Waals surface area (Å²) in [4.78, 5) is 44.6. The highest BCUT2D eigenvalue weighted by atomic mass is 16.3. The minimum Gasteiger partial charge on any atom is -0.396 e. The lowest BCUT2D eigenvalue weighted by molar-refractivity contribution is -0.140. The van der Waals surface area contributed by atoms with Gasteiger partial charge in [0.1, 0.15) is 6.04 Å². The number of aliphatic hydroxyl groups excluding tert-OH is 1. The van der Waals surface area contributed by atoms with Gasteiger partial charge in [-0.1, -0.05) is 38.3 Å². The van der Waals surface area contributed by atoms with E-state index in [9.17, 15) is 14.4 Å². The number of hydrogen-bond acceptors (Lipinski definition) is 5. The molecule has 1 aromatic rings. The highest BCUT2D eigenvalue weighted by Crippen LogP contribution is 2.45. The molecule has 1 heterocycles. The summed E-state index contributed by atoms with van der Waals surface area (Å²) >= 11 is 0. The molecule has 0 aromatic heterocycles. The van der Waals surface area contributed by atoms with Gasteiger partial charge >= 0.3 is 0 Å². The van der Waals surface area contributed by atoms with Crippen LogP contribution in [-0.2, 0) is 14.4 Å². The average Bonchev–Trinajstić information content (AvgIpc) is 3.21. The van der Waals surface area contributed by atoms with Gasteiger partial charge in [0.15, 0.2) is 0 Å². The summed E-state index contributed by atoms with van der Waals surface area (Å²) in [6.07, 6.45) is 9.03. The number of likely N-dealkylation sites (tertiary alicyclic amines) is 1. The highest BCUT2D eigenvalue weighted by molar-refractivity contribution is 6.02. The van der Waals surface area contributed by atoms with E-state index in [4.69, 9.17) is 5.11 Å². The van der Waals surface area contributed by atoms with E-state index in [1.165, 1.54) is 0 Å². The van der Waals surface area contributed by atoms with Crippen LogP contribution in [0.15, 0.2) is 36.4 Å². The summed E-state index contributed by atoms with van der Waals surface area (Å²) in [5, 5.41) is 14.9. The first kappa shape index (κ1) is 29.7. The molecule has 1 aliphatic heterocycles. The molecule has 1 aromatic carbocycles. The van der Waals surface area contributed by atoms with Crippen LogP contribution in [0.25, 0.3) is 0 Å². The van der Waals surface area contributed by atoms with Crippen molar-refractivity contribution < 1.29 is 19.5 Å². The average molecular weight is 527 g/mol. The van der Waals surface area contributed by atoms with E-state index >= 15 is 0 Å². The van der Waals surface area contributed by atoms with Gasteiger partial charge in [0.2, 0.25) is 17.7 Å². The molecule has 5 atom stereocenters. The Hall–Kier alpha value is -2.87. The van der Waals surface area contributed by atoms with Crippen LogP contribution in [0.3, 0.4) is 0 Å². The highest BCUT2D eigenvalue weighted by Gasteiger charge is 2.56. The first-order valence-electron chi connectivity index (χ1n) is 14.4. The molecule has 1 fully saturated rings. The number of aliphatic hydroxyl groups is 1. The van der Waals surface area contributed by atoms with Crippen molar-refractivity contribution in [3.05, 3.63) is 36.4 Å². The van der Waals surface area contributed by atoms with Crippen molar-refractivity contribution in [2.24, 2.45) is 23.7 Å². The summed E-state index contributed by atoms with van der Waals surface area (Å²) < 4.78 is 0. The molecule has 8 nitrogen and oxygen atoms in total. The first-order chi connectivity index (χ1) is 18.4. The number of rotatable bonds is 14. The quantitative estimate of drug-likeness (QED) is 0.253. The number of nitrogens with one attached hydrogen (secondary N) is 2. The number of amides is 3. The number of fused-ring (bicyclic) bond motifs is 1. The van der Waals surface area contributed by atoms with E-state index in [0.29, 0.717) is 12.2 Å². The monoisotopic (exact) mass is 526 g/mol. The van der Waals surface area contributed by atoms with Crippen molar-refractivity contribution in [1.82, 2.24) is 10.2 Å². The molecule has 1 saturated heterocycles. The summed E-state index contributed by atoms with van der Waals surface area (Å²) in [7, 11) is 1.61. The van der Waals surface area contributed by atoms with Gasteiger partial charge in [0.25, 0.3) is 0 Å². The van der Waals surface area contributed by atoms with Crippen molar-refractivity contribution in [2.45, 2.75) is 65.3 Å². The van der Waals surface area contributed by atoms with Gasteiger partial charge in [-0.3, -0.25) is 14.4 Å². The Kier molecular flexibility index (Phi) is 11.2. The Balaban J connectivity index is 1.87. The smallest absolute Gasteiger partial charge is 0.247 e. The van der Waals surface area contributed by atoms with E-state index in [0.717, 1.165) is 57.3 Å². The number of anilines is 2. The van der Waals surface area contributed by atoms with Gasteiger partial charge in [-0.25, -0.2) is 0 Å². The molecule has 0 spiro atoms. The van der Waals surface area contributed by atoms with Crippen molar-refractivity contribution in [1.29, 1.82) is 0 Å². The van der Waals surface area contributed by atoms with Crippen molar-refractivity contribution in [3.8, 4) is 0 Å². The lowest BCUT2D eigenvalue weighted by Crippen LogP contribution is -2.45. The minimum atomic E-state index is -0.668. The lowest BCUT2D eigenvalue weighted by atomic mass is 9.68. The summed E-state index contributed by atoms with van der Waals surface area (Å²) in [6.45, 7) is 8.73. The molecule has 1 aliphatic carbocycles. The van der Waals surface area contributed by atoms with Gasteiger partial charge in [-0.15, -0.1) is 0 Å². The maximum Gasteiger partial charge on any atom is 0.247 e. The van der Waals surface area contributed by atoms with Gasteiger partial charge in [0, 0.05) is 50.6 Å². The Morgan fingerprint density at radius 1 is 0.974 bits per heavy atom. The number of benzene rings is 1. The molecule has 38 heavy (non-hydrogen) atoms. The Bertz CT molecular complexity index is 960. The second kappa shape index (κ2) is 14.3. The number of hydrogen-bond donors (Lipinski definition) is 3. The first-order valence-corrected chi connectivity index (χ1v) is 14.4. The van der Waals surface area contributed by atoms with E-state index in [1.54, 1.807) is 11.9 Å². The van der Waals surface area contributed by atoms with Gasteiger partial charge in [-0.2, -0.15) is 0 Å². The second-order valence-corrected chi connectivity index (χ2v) is 10.4. The number of carbonyl (C=O) groups is 3. The second-order valence-electron chi connectivity index (χ2n) is 10.4. The van der Waals surface area contributed by atoms with Crippen LogP contribution in [0, 0.1) is 23.7 Å². The molecule has 0 radical (unpaired) electrons. The van der Waals surface area contributed by atoms with E-state index in [-0.39, 0.29) is 36.2 Å². The fraction of sp³-hybridized carbons (Fsp3) is 0.633. The van der Waals surface area contributed by atoms with Crippen LogP contribution in [-0.4, -0.2) is 67.1 Å². The summed E-state index contributed by atoms with van der Waals surface area (Å²) in [6, 6.07) is 7.14. The van der Waals surface area contributed by atoms with Gasteiger partial charge in [-0.05, 0) is 63.3 Å². The molecule has 210 valence electrons. The zero-order valence-corrected chi connectivity index (χ0v) is 23.5. The summed E-state index contributed by atoms with van der Waals surface area (Å²) in [5.74, 6) is -1.86. The molecule has 0 saturated carbocycles. The normalized spacial score (nSPS) is 24.3. The fourth-order valence-corrected chi connectivity index (χ4v) is 6.18. The lowest BCUT2D eigenvalue weighted by Gasteiger charge is -2.34. The third-order valence-corrected chi connectivity index (χ3v) is 8.12. The summed E-state index contributed by atoms with van der Waals surface area (Å²) in [5.41, 5.74) is 1.79. The Morgan fingerprint density at radius 3 is 2.26 bits per heavy atom. The predicted octanol–water partition coefficient (Wildman–Crippen LogP) is 3.82. The zero-order valence-electron chi connectivity index (χ0n) is 23.5. The molecule has 8 heteroatoms. The SMILES string of the molecule is CCC[C@@H]1C=C[C@H]2[C@@H](C(=O)N(CCCCCCO)[C@@H]2C(=O)Nc2ccc(N(CC)CC)cc2)[C@@H]1C(=O)NC. The van der Waals surface area contributed by atoms with Crippen LogP contribution in [0.4, 0.5) is 11.4 Å². The van der Waals surface area contributed by atoms with E-state index in [2.05, 4.69) is 42.4 Å². The van der Waals surface area contributed by atoms with Crippen LogP contribution in [0.2, 0.25) is 0 Å². The van der Waals surface area contributed by atoms with Gasteiger partial charge in [0.05, 0.1) is 11.8 Å². The fourth-order valence-electron chi connectivity index (χ4n) is 6.18. The van der Waals surface area contributed by atoms with Gasteiger partial charge < -0.3 is 25.5 Å². The molecule has 3 rings (SSSR count). The van der Waals surface area contributed by atoms with Crippen molar-refractivity contribution in [2.75, 3.05) is 43.5 Å². The number of unbranched alkanes of at least 4 members (excludes halogenated alkanes) is 3. The molecular formula is C30H46N4O4. The van der Waals surface area contributed by atoms with Crippen molar-refractivity contribution >= 4 is 29.1 Å². The maximum absolute atomic E-state index is 13.9. The molecule has 3 N–H and O–H groups in total. The minimum absolute atomic E-state index is 0.0222. The topological polar surface area (TPSA) is 102 Å². The number of nitrogens with zero attached hydrogens (tertiary/aromatic N) is 2. The zero-order chi connectivity index (χ0) is 27.7. The molecule has 0 bridgehead atoms. The van der Waals surface area contributed by atoms with E-state index < -0.39 is 17.9 Å². The largest absolute Gasteiger partial charge is 0.396 e. The maximum atomic E-state index is 13.9. The van der Waals surface area contributed by atoms with E-state index in [1.807, 2.05) is 30.3 Å². The Morgan fingerprint density at radius 2 is 1.66 bits per heavy atom. The van der Waals surface area contributed by atoms with Crippen molar-refractivity contribution in [3.63, 3.8) is 0 Å². The molecule has 2 aliphatic rings.